The van der Waals surface area contributed by atoms with E-state index >= 15 is 0 Å². The number of carbonyl (C=O) groups excluding carboxylic acids is 1. The van der Waals surface area contributed by atoms with Gasteiger partial charge in [-0.15, -0.1) is 0 Å². The Labute approximate surface area is 267 Å². The zero-order valence-corrected chi connectivity index (χ0v) is 27.5. The van der Waals surface area contributed by atoms with E-state index in [0.29, 0.717) is 34.7 Å². The third-order valence-electron chi connectivity index (χ3n) is 7.35. The van der Waals surface area contributed by atoms with Crippen LogP contribution in [-0.4, -0.2) is 65.3 Å². The summed E-state index contributed by atoms with van der Waals surface area (Å²) in [5.41, 5.74) is -0.320. The standard InChI is InChI=1S/C33H41F4N3O5S/c1-7-24(20-38-27-17-14-25(44-4)18-29(27)45-5)39-31(41)28(19-32(2,3)34)40-30(33(35,36)37)23-10-8-21(9-11-23)22-12-15-26(16-13-22)46(6,42)43/h8-18,24,28,30,38,40H,7,19-20H2,1-6H3,(H,39,41)/t24-,28?,30-/m0/s1. The molecule has 1 amide bonds. The van der Waals surface area contributed by atoms with Crippen molar-refractivity contribution in [3.8, 4) is 22.6 Å². The average Bonchev–Trinajstić information content (AvgIpc) is 2.99. The van der Waals surface area contributed by atoms with E-state index in [2.05, 4.69) is 16.0 Å². The molecule has 252 valence electrons. The number of nitrogens with one attached hydrogen (secondary N) is 3. The number of benzene rings is 3. The molecule has 0 saturated carbocycles. The third kappa shape index (κ3) is 10.3. The first-order valence-electron chi connectivity index (χ1n) is 14.6. The zero-order valence-electron chi connectivity index (χ0n) is 26.7. The second-order valence-electron chi connectivity index (χ2n) is 11.6. The lowest BCUT2D eigenvalue weighted by Crippen LogP contribution is -2.53. The van der Waals surface area contributed by atoms with Gasteiger partial charge in [-0.3, -0.25) is 10.1 Å². The summed E-state index contributed by atoms with van der Waals surface area (Å²) in [5, 5.41) is 8.33. The minimum absolute atomic E-state index is 0.121. The monoisotopic (exact) mass is 667 g/mol. The molecule has 0 aliphatic carbocycles. The molecule has 1 unspecified atom stereocenters. The van der Waals surface area contributed by atoms with Crippen molar-refractivity contribution in [2.75, 3.05) is 32.3 Å². The summed E-state index contributed by atoms with van der Waals surface area (Å²) >= 11 is 0. The number of hydrogen-bond donors (Lipinski definition) is 3. The molecule has 3 aromatic rings. The van der Waals surface area contributed by atoms with Crippen molar-refractivity contribution in [1.82, 2.24) is 10.6 Å². The van der Waals surface area contributed by atoms with Gasteiger partial charge in [0.15, 0.2) is 9.84 Å². The van der Waals surface area contributed by atoms with Crippen LogP contribution in [-0.2, 0) is 14.6 Å². The lowest BCUT2D eigenvalue weighted by atomic mass is 9.96. The van der Waals surface area contributed by atoms with E-state index in [1.807, 2.05) is 6.92 Å². The van der Waals surface area contributed by atoms with Gasteiger partial charge in [0.2, 0.25) is 5.91 Å². The Morgan fingerprint density at radius 3 is 1.96 bits per heavy atom. The summed E-state index contributed by atoms with van der Waals surface area (Å²) in [7, 11) is -0.384. The van der Waals surface area contributed by atoms with Crippen LogP contribution in [0.25, 0.3) is 11.1 Å². The van der Waals surface area contributed by atoms with Crippen LogP contribution in [0.5, 0.6) is 11.5 Å². The van der Waals surface area contributed by atoms with Gasteiger partial charge < -0.3 is 20.1 Å². The highest BCUT2D eigenvalue weighted by molar-refractivity contribution is 7.90. The lowest BCUT2D eigenvalue weighted by Gasteiger charge is -2.31. The fourth-order valence-corrected chi connectivity index (χ4v) is 5.46. The SMILES string of the molecule is CC[C@@H](CNc1ccc(OC)cc1OC)NC(=O)C(CC(C)(C)F)N[C@@H](c1ccc(-c2ccc(S(C)(=O)=O)cc2)cc1)C(F)(F)F. The van der Waals surface area contributed by atoms with E-state index in [-0.39, 0.29) is 17.0 Å². The van der Waals surface area contributed by atoms with E-state index in [1.165, 1.54) is 64.5 Å². The minimum Gasteiger partial charge on any atom is -0.497 e. The minimum atomic E-state index is -4.81. The smallest absolute Gasteiger partial charge is 0.407 e. The summed E-state index contributed by atoms with van der Waals surface area (Å²) in [5.74, 6) is 0.324. The predicted molar refractivity (Wildman–Crippen MR) is 171 cm³/mol. The topological polar surface area (TPSA) is 106 Å². The Bertz CT molecular complexity index is 1560. The molecular weight excluding hydrogens is 626 g/mol. The second-order valence-corrected chi connectivity index (χ2v) is 13.6. The first-order chi connectivity index (χ1) is 21.4. The molecule has 3 N–H and O–H groups in total. The number of amides is 1. The van der Waals surface area contributed by atoms with E-state index in [9.17, 15) is 30.8 Å². The Hall–Kier alpha value is -3.84. The summed E-state index contributed by atoms with van der Waals surface area (Å²) in [6.07, 6.45) is -3.79. The molecule has 0 aromatic heterocycles. The van der Waals surface area contributed by atoms with Crippen LogP contribution in [0.15, 0.2) is 71.6 Å². The second kappa shape index (κ2) is 15.2. The fraction of sp³-hybridized carbons (Fsp3) is 0.424. The van der Waals surface area contributed by atoms with Crippen molar-refractivity contribution in [3.63, 3.8) is 0 Å². The van der Waals surface area contributed by atoms with Crippen LogP contribution in [0, 0.1) is 0 Å². The molecule has 0 bridgehead atoms. The molecule has 0 radical (unpaired) electrons. The van der Waals surface area contributed by atoms with E-state index in [4.69, 9.17) is 9.47 Å². The van der Waals surface area contributed by atoms with E-state index in [1.54, 1.807) is 30.3 Å². The molecule has 8 nitrogen and oxygen atoms in total. The Balaban J connectivity index is 1.80. The molecule has 0 saturated heterocycles. The largest absolute Gasteiger partial charge is 0.497 e. The van der Waals surface area contributed by atoms with Gasteiger partial charge in [-0.1, -0.05) is 43.3 Å². The number of rotatable bonds is 15. The zero-order chi connectivity index (χ0) is 34.3. The van der Waals surface area contributed by atoms with Crippen molar-refractivity contribution in [2.45, 2.75) is 68.5 Å². The summed E-state index contributed by atoms with van der Waals surface area (Å²) in [6.45, 7) is 4.45. The van der Waals surface area contributed by atoms with Gasteiger partial charge in [0, 0.05) is 31.3 Å². The molecule has 3 rings (SSSR count). The van der Waals surface area contributed by atoms with Crippen LogP contribution < -0.4 is 25.4 Å². The molecule has 46 heavy (non-hydrogen) atoms. The molecule has 13 heteroatoms. The highest BCUT2D eigenvalue weighted by Crippen LogP contribution is 2.35. The normalized spacial score (nSPS) is 14.2. The van der Waals surface area contributed by atoms with Crippen LogP contribution in [0.4, 0.5) is 23.2 Å². The predicted octanol–water partition coefficient (Wildman–Crippen LogP) is 6.48. The number of methoxy groups -OCH3 is 2. The molecule has 0 heterocycles. The van der Waals surface area contributed by atoms with Crippen LogP contribution >= 0.6 is 0 Å². The third-order valence-corrected chi connectivity index (χ3v) is 8.48. The first kappa shape index (κ1) is 36.6. The molecule has 0 aliphatic heterocycles. The Kier molecular flexibility index (Phi) is 12.1. The molecule has 0 spiro atoms. The number of ether oxygens (including phenoxy) is 2. The fourth-order valence-electron chi connectivity index (χ4n) is 4.83. The summed E-state index contributed by atoms with van der Waals surface area (Å²) in [6, 6.07) is 12.4. The molecule has 0 aliphatic rings. The highest BCUT2D eigenvalue weighted by atomic mass is 32.2. The molecular formula is C33H41F4N3O5S. The van der Waals surface area contributed by atoms with Gasteiger partial charge >= 0.3 is 6.18 Å². The van der Waals surface area contributed by atoms with Gasteiger partial charge in [-0.2, -0.15) is 13.2 Å². The van der Waals surface area contributed by atoms with Gasteiger partial charge in [0.1, 0.15) is 23.2 Å². The Morgan fingerprint density at radius 2 is 1.48 bits per heavy atom. The number of hydrogen-bond acceptors (Lipinski definition) is 7. The van der Waals surface area contributed by atoms with Crippen LogP contribution in [0.1, 0.15) is 45.2 Å². The number of carbonyl (C=O) groups is 1. The number of anilines is 1. The molecule has 3 atom stereocenters. The lowest BCUT2D eigenvalue weighted by molar-refractivity contribution is -0.161. The van der Waals surface area contributed by atoms with Gasteiger partial charge in [-0.25, -0.2) is 12.8 Å². The van der Waals surface area contributed by atoms with Crippen molar-refractivity contribution < 1.29 is 40.2 Å². The van der Waals surface area contributed by atoms with Gasteiger partial charge in [0.25, 0.3) is 0 Å². The quantitative estimate of drug-likeness (QED) is 0.159. The maximum Gasteiger partial charge on any atom is 0.407 e. The molecule has 0 fully saturated rings. The van der Waals surface area contributed by atoms with Crippen molar-refractivity contribution >= 4 is 21.4 Å². The average molecular weight is 668 g/mol. The maximum absolute atomic E-state index is 14.9. The van der Waals surface area contributed by atoms with E-state index in [0.717, 1.165) is 6.26 Å². The number of sulfone groups is 1. The molecule has 3 aromatic carbocycles. The number of halogens is 4. The van der Waals surface area contributed by atoms with E-state index < -0.39 is 52.1 Å². The summed E-state index contributed by atoms with van der Waals surface area (Å²) < 4.78 is 92.2. The van der Waals surface area contributed by atoms with Crippen molar-refractivity contribution in [3.05, 3.63) is 72.3 Å². The maximum atomic E-state index is 14.9. The highest BCUT2D eigenvalue weighted by Gasteiger charge is 2.44. The van der Waals surface area contributed by atoms with Crippen molar-refractivity contribution in [1.29, 1.82) is 0 Å². The first-order valence-corrected chi connectivity index (χ1v) is 16.5. The number of alkyl halides is 4. The van der Waals surface area contributed by atoms with Crippen LogP contribution in [0.3, 0.4) is 0 Å². The van der Waals surface area contributed by atoms with Gasteiger partial charge in [-0.05, 0) is 61.2 Å². The summed E-state index contributed by atoms with van der Waals surface area (Å²) in [4.78, 5) is 13.5. The van der Waals surface area contributed by atoms with Gasteiger partial charge in [0.05, 0.1) is 30.8 Å². The van der Waals surface area contributed by atoms with Crippen LogP contribution in [0.2, 0.25) is 0 Å². The Morgan fingerprint density at radius 1 is 0.891 bits per heavy atom. The van der Waals surface area contributed by atoms with Crippen molar-refractivity contribution in [2.24, 2.45) is 0 Å².